The Kier molecular flexibility index (Phi) is 4.48. The highest BCUT2D eigenvalue weighted by molar-refractivity contribution is 5.31. The van der Waals surface area contributed by atoms with Crippen molar-refractivity contribution in [2.75, 3.05) is 13.2 Å². The summed E-state index contributed by atoms with van der Waals surface area (Å²) in [6.07, 6.45) is 5.75. The fourth-order valence-electron chi connectivity index (χ4n) is 2.50. The maximum Gasteiger partial charge on any atom is 0.119 e. The molecule has 0 spiro atoms. The Balaban J connectivity index is 1.76. The van der Waals surface area contributed by atoms with Crippen LogP contribution in [0.2, 0.25) is 0 Å². The first kappa shape index (κ1) is 13.2. The van der Waals surface area contributed by atoms with Gasteiger partial charge in [0.05, 0.1) is 13.2 Å². The van der Waals surface area contributed by atoms with E-state index in [4.69, 9.17) is 15.2 Å². The van der Waals surface area contributed by atoms with E-state index in [1.165, 1.54) is 12.8 Å². The molecule has 0 radical (unpaired) electrons. The number of ether oxygens (including phenoxy) is 2. The highest BCUT2D eigenvalue weighted by Gasteiger charge is 2.28. The van der Waals surface area contributed by atoms with Crippen LogP contribution < -0.4 is 15.2 Å². The molecule has 0 saturated heterocycles. The van der Waals surface area contributed by atoms with E-state index in [-0.39, 0.29) is 5.54 Å². The topological polar surface area (TPSA) is 44.5 Å². The van der Waals surface area contributed by atoms with Crippen molar-refractivity contribution in [3.63, 3.8) is 0 Å². The molecule has 2 rings (SSSR count). The third-order valence-electron chi connectivity index (χ3n) is 3.60. The Morgan fingerprint density at radius 1 is 1.06 bits per heavy atom. The smallest absolute Gasteiger partial charge is 0.119 e. The van der Waals surface area contributed by atoms with Gasteiger partial charge in [-0.3, -0.25) is 0 Å². The lowest BCUT2D eigenvalue weighted by Gasteiger charge is -2.23. The van der Waals surface area contributed by atoms with Gasteiger partial charge in [0.2, 0.25) is 0 Å². The molecule has 1 aliphatic rings. The van der Waals surface area contributed by atoms with Crippen LogP contribution in [0.1, 0.15) is 39.0 Å². The second kappa shape index (κ2) is 6.10. The zero-order valence-corrected chi connectivity index (χ0v) is 11.2. The molecule has 1 fully saturated rings. The van der Waals surface area contributed by atoms with Crippen molar-refractivity contribution in [2.24, 2.45) is 5.73 Å². The van der Waals surface area contributed by atoms with Crippen molar-refractivity contribution in [3.8, 4) is 11.5 Å². The summed E-state index contributed by atoms with van der Waals surface area (Å²) in [6, 6.07) is 7.77. The van der Waals surface area contributed by atoms with Crippen LogP contribution in [-0.4, -0.2) is 18.8 Å². The van der Waals surface area contributed by atoms with Gasteiger partial charge >= 0.3 is 0 Å². The molecule has 18 heavy (non-hydrogen) atoms. The molecule has 0 atom stereocenters. The van der Waals surface area contributed by atoms with Crippen LogP contribution in [0.25, 0.3) is 0 Å². The fourth-order valence-corrected chi connectivity index (χ4v) is 2.50. The van der Waals surface area contributed by atoms with Crippen molar-refractivity contribution in [2.45, 2.75) is 44.6 Å². The van der Waals surface area contributed by atoms with E-state index in [0.717, 1.165) is 30.8 Å². The number of benzene rings is 1. The van der Waals surface area contributed by atoms with Gasteiger partial charge in [0.1, 0.15) is 11.5 Å². The predicted molar refractivity (Wildman–Crippen MR) is 73.1 cm³/mol. The Labute approximate surface area is 109 Å². The van der Waals surface area contributed by atoms with Crippen molar-refractivity contribution in [3.05, 3.63) is 24.3 Å². The highest BCUT2D eigenvalue weighted by atomic mass is 16.5. The number of rotatable bonds is 6. The molecule has 2 N–H and O–H groups in total. The molecule has 0 unspecified atom stereocenters. The predicted octanol–water partition coefficient (Wildman–Crippen LogP) is 3.13. The summed E-state index contributed by atoms with van der Waals surface area (Å²) >= 11 is 0. The molecule has 3 heteroatoms. The van der Waals surface area contributed by atoms with Gasteiger partial charge < -0.3 is 15.2 Å². The van der Waals surface area contributed by atoms with Crippen LogP contribution in [0.3, 0.4) is 0 Å². The molecule has 1 aromatic rings. The maximum absolute atomic E-state index is 6.29. The summed E-state index contributed by atoms with van der Waals surface area (Å²) in [5.74, 6) is 1.77. The Bertz CT molecular complexity index is 355. The van der Waals surface area contributed by atoms with Gasteiger partial charge in [-0.2, -0.15) is 0 Å². The molecule has 0 amide bonds. The van der Waals surface area contributed by atoms with Gasteiger partial charge in [-0.15, -0.1) is 0 Å². The third kappa shape index (κ3) is 3.64. The van der Waals surface area contributed by atoms with Gasteiger partial charge in [0.25, 0.3) is 0 Å². The average Bonchev–Trinajstić information content (AvgIpc) is 2.79. The van der Waals surface area contributed by atoms with Crippen LogP contribution in [0, 0.1) is 0 Å². The van der Waals surface area contributed by atoms with Crippen LogP contribution in [0.5, 0.6) is 11.5 Å². The molecule has 1 saturated carbocycles. The van der Waals surface area contributed by atoms with Gasteiger partial charge in [0.15, 0.2) is 0 Å². The van der Waals surface area contributed by atoms with Crippen LogP contribution >= 0.6 is 0 Å². The fraction of sp³-hybridized carbons (Fsp3) is 0.600. The second-order valence-electron chi connectivity index (χ2n) is 5.07. The van der Waals surface area contributed by atoms with Crippen molar-refractivity contribution < 1.29 is 9.47 Å². The molecule has 0 bridgehead atoms. The van der Waals surface area contributed by atoms with Gasteiger partial charge in [-0.1, -0.05) is 12.8 Å². The standard InChI is InChI=1S/C15H23NO2/c1-2-17-13-5-7-14(8-6-13)18-12-11-15(16)9-3-4-10-15/h5-8H,2-4,9-12,16H2,1H3. The monoisotopic (exact) mass is 249 g/mol. The summed E-state index contributed by atoms with van der Waals surface area (Å²) < 4.78 is 11.1. The minimum Gasteiger partial charge on any atom is -0.494 e. The molecule has 1 aliphatic carbocycles. The number of hydrogen-bond donors (Lipinski definition) is 1. The first-order valence-corrected chi connectivity index (χ1v) is 6.86. The Morgan fingerprint density at radius 3 is 2.17 bits per heavy atom. The molecule has 0 aliphatic heterocycles. The lowest BCUT2D eigenvalue weighted by molar-refractivity contribution is 0.258. The average molecular weight is 249 g/mol. The lowest BCUT2D eigenvalue weighted by atomic mass is 9.95. The van der Waals surface area contributed by atoms with Gasteiger partial charge in [0, 0.05) is 5.54 Å². The maximum atomic E-state index is 6.29. The highest BCUT2D eigenvalue weighted by Crippen LogP contribution is 2.30. The number of hydrogen-bond acceptors (Lipinski definition) is 3. The molecule has 100 valence electrons. The molecule has 1 aromatic carbocycles. The molecular formula is C15H23NO2. The van der Waals surface area contributed by atoms with E-state index < -0.39 is 0 Å². The second-order valence-corrected chi connectivity index (χ2v) is 5.07. The van der Waals surface area contributed by atoms with Gasteiger partial charge in [-0.05, 0) is 50.5 Å². The van der Waals surface area contributed by atoms with E-state index in [1.807, 2.05) is 31.2 Å². The SMILES string of the molecule is CCOc1ccc(OCCC2(N)CCCC2)cc1. The van der Waals surface area contributed by atoms with E-state index in [0.29, 0.717) is 13.2 Å². The van der Waals surface area contributed by atoms with Crippen LogP contribution in [-0.2, 0) is 0 Å². The summed E-state index contributed by atoms with van der Waals surface area (Å²) in [4.78, 5) is 0. The zero-order valence-electron chi connectivity index (χ0n) is 11.2. The largest absolute Gasteiger partial charge is 0.494 e. The molecule has 0 heterocycles. The minimum absolute atomic E-state index is 0.0191. The van der Waals surface area contributed by atoms with E-state index in [1.54, 1.807) is 0 Å². The normalized spacial score (nSPS) is 17.7. The molecule has 0 aromatic heterocycles. The van der Waals surface area contributed by atoms with E-state index in [9.17, 15) is 0 Å². The first-order valence-electron chi connectivity index (χ1n) is 6.86. The Hall–Kier alpha value is -1.22. The van der Waals surface area contributed by atoms with Crippen LogP contribution in [0.15, 0.2) is 24.3 Å². The van der Waals surface area contributed by atoms with E-state index in [2.05, 4.69) is 0 Å². The summed E-state index contributed by atoms with van der Waals surface area (Å²) in [7, 11) is 0. The third-order valence-corrected chi connectivity index (χ3v) is 3.60. The quantitative estimate of drug-likeness (QED) is 0.842. The van der Waals surface area contributed by atoms with Crippen molar-refractivity contribution >= 4 is 0 Å². The van der Waals surface area contributed by atoms with Crippen LogP contribution in [0.4, 0.5) is 0 Å². The molecule has 3 nitrogen and oxygen atoms in total. The summed E-state index contributed by atoms with van der Waals surface area (Å²) in [6.45, 7) is 3.37. The summed E-state index contributed by atoms with van der Waals surface area (Å²) in [5.41, 5.74) is 6.31. The van der Waals surface area contributed by atoms with Crippen molar-refractivity contribution in [1.82, 2.24) is 0 Å². The minimum atomic E-state index is 0.0191. The summed E-state index contributed by atoms with van der Waals surface area (Å²) in [5, 5.41) is 0. The number of nitrogens with two attached hydrogens (primary N) is 1. The van der Waals surface area contributed by atoms with Crippen molar-refractivity contribution in [1.29, 1.82) is 0 Å². The Morgan fingerprint density at radius 2 is 1.61 bits per heavy atom. The van der Waals surface area contributed by atoms with E-state index >= 15 is 0 Å². The zero-order chi connectivity index (χ0) is 12.8. The van der Waals surface area contributed by atoms with Gasteiger partial charge in [-0.25, -0.2) is 0 Å². The molecular weight excluding hydrogens is 226 g/mol. The lowest BCUT2D eigenvalue weighted by Crippen LogP contribution is -2.37. The first-order chi connectivity index (χ1) is 8.72.